The van der Waals surface area contributed by atoms with Gasteiger partial charge >= 0.3 is 0 Å². The molecule has 7 heteroatoms. The van der Waals surface area contributed by atoms with Crippen LogP contribution in [0.2, 0.25) is 0 Å². The zero-order chi connectivity index (χ0) is 12.0. The predicted octanol–water partition coefficient (Wildman–Crippen LogP) is 0.972. The molecule has 0 unspecified atom stereocenters. The maximum absolute atomic E-state index is 12.8. The SMILES string of the molecule is CNCc1nnn(CCCOC)c1C(F)F. The lowest BCUT2D eigenvalue weighted by Gasteiger charge is -2.06. The van der Waals surface area contributed by atoms with Crippen molar-refractivity contribution in [3.63, 3.8) is 0 Å². The molecule has 0 fully saturated rings. The summed E-state index contributed by atoms with van der Waals surface area (Å²) >= 11 is 0. The standard InChI is InChI=1S/C9H16F2N4O/c1-12-6-7-8(9(10)11)15(14-13-7)4-3-5-16-2/h9,12H,3-6H2,1-2H3. The van der Waals surface area contributed by atoms with Crippen LogP contribution in [0.15, 0.2) is 0 Å². The minimum absolute atomic E-state index is 0.106. The number of aryl methyl sites for hydroxylation is 1. The van der Waals surface area contributed by atoms with Crippen LogP contribution in [0.25, 0.3) is 0 Å². The largest absolute Gasteiger partial charge is 0.385 e. The van der Waals surface area contributed by atoms with Crippen LogP contribution in [-0.4, -0.2) is 35.8 Å². The van der Waals surface area contributed by atoms with E-state index in [4.69, 9.17) is 4.74 Å². The number of ether oxygens (including phenoxy) is 1. The molecule has 1 rings (SSSR count). The smallest absolute Gasteiger partial charge is 0.281 e. The highest BCUT2D eigenvalue weighted by Crippen LogP contribution is 2.21. The van der Waals surface area contributed by atoms with Crippen LogP contribution < -0.4 is 5.32 Å². The van der Waals surface area contributed by atoms with E-state index >= 15 is 0 Å². The fraction of sp³-hybridized carbons (Fsp3) is 0.778. The maximum atomic E-state index is 12.8. The van der Waals surface area contributed by atoms with Crippen molar-refractivity contribution in [2.24, 2.45) is 0 Å². The van der Waals surface area contributed by atoms with E-state index in [0.29, 0.717) is 31.8 Å². The molecule has 0 aliphatic rings. The van der Waals surface area contributed by atoms with Crippen LogP contribution >= 0.6 is 0 Å². The van der Waals surface area contributed by atoms with E-state index in [9.17, 15) is 8.78 Å². The number of alkyl halides is 2. The molecule has 5 nitrogen and oxygen atoms in total. The Labute approximate surface area is 92.8 Å². The van der Waals surface area contributed by atoms with Crippen molar-refractivity contribution in [1.82, 2.24) is 20.3 Å². The first-order valence-corrected chi connectivity index (χ1v) is 5.04. The average Bonchev–Trinajstić information content (AvgIpc) is 2.62. The van der Waals surface area contributed by atoms with Crippen LogP contribution in [0.1, 0.15) is 24.2 Å². The van der Waals surface area contributed by atoms with Crippen LogP contribution in [0.4, 0.5) is 8.78 Å². The summed E-state index contributed by atoms with van der Waals surface area (Å²) in [6.07, 6.45) is -1.92. The van der Waals surface area contributed by atoms with E-state index in [-0.39, 0.29) is 5.69 Å². The first kappa shape index (κ1) is 13.0. The molecule has 0 amide bonds. The van der Waals surface area contributed by atoms with E-state index in [0.717, 1.165) is 0 Å². The van der Waals surface area contributed by atoms with Gasteiger partial charge < -0.3 is 10.1 Å². The second kappa shape index (κ2) is 6.49. The fourth-order valence-corrected chi connectivity index (χ4v) is 1.41. The molecule has 0 spiro atoms. The van der Waals surface area contributed by atoms with E-state index in [1.54, 1.807) is 14.2 Å². The van der Waals surface area contributed by atoms with E-state index < -0.39 is 6.43 Å². The van der Waals surface area contributed by atoms with Crippen molar-refractivity contribution in [3.05, 3.63) is 11.4 Å². The molecule has 1 aromatic heterocycles. The number of nitrogens with one attached hydrogen (secondary N) is 1. The van der Waals surface area contributed by atoms with E-state index in [2.05, 4.69) is 15.6 Å². The highest BCUT2D eigenvalue weighted by molar-refractivity contribution is 5.11. The Morgan fingerprint density at radius 2 is 2.25 bits per heavy atom. The number of rotatable bonds is 7. The zero-order valence-electron chi connectivity index (χ0n) is 9.41. The molecule has 1 aromatic rings. The van der Waals surface area contributed by atoms with Gasteiger partial charge in [0.05, 0.1) is 0 Å². The first-order chi connectivity index (χ1) is 7.70. The number of hydrogen-bond donors (Lipinski definition) is 1. The summed E-state index contributed by atoms with van der Waals surface area (Å²) in [6.45, 7) is 1.21. The molecule has 16 heavy (non-hydrogen) atoms. The molecule has 92 valence electrons. The van der Waals surface area contributed by atoms with E-state index in [1.807, 2.05) is 0 Å². The molecule has 0 aliphatic carbocycles. The third-order valence-corrected chi connectivity index (χ3v) is 2.12. The lowest BCUT2D eigenvalue weighted by Crippen LogP contribution is -2.11. The van der Waals surface area contributed by atoms with Crippen LogP contribution in [0, 0.1) is 0 Å². The summed E-state index contributed by atoms with van der Waals surface area (Å²) < 4.78 is 31.7. The molecular weight excluding hydrogens is 218 g/mol. The van der Waals surface area contributed by atoms with Gasteiger partial charge in [-0.25, -0.2) is 13.5 Å². The van der Waals surface area contributed by atoms with Gasteiger partial charge in [-0.3, -0.25) is 0 Å². The predicted molar refractivity (Wildman–Crippen MR) is 54.2 cm³/mol. The van der Waals surface area contributed by atoms with Crippen LogP contribution in [0.3, 0.4) is 0 Å². The van der Waals surface area contributed by atoms with Gasteiger partial charge in [0.1, 0.15) is 11.4 Å². The minimum atomic E-state index is -2.55. The number of aromatic nitrogens is 3. The molecule has 0 atom stereocenters. The Bertz CT molecular complexity index is 316. The van der Waals surface area contributed by atoms with Crippen LogP contribution in [0.5, 0.6) is 0 Å². The van der Waals surface area contributed by atoms with Gasteiger partial charge in [-0.15, -0.1) is 5.10 Å². The van der Waals surface area contributed by atoms with Gasteiger partial charge in [-0.1, -0.05) is 5.21 Å². The molecule has 0 bridgehead atoms. The van der Waals surface area contributed by atoms with Crippen LogP contribution in [-0.2, 0) is 17.8 Å². The third kappa shape index (κ3) is 3.21. The Balaban J connectivity index is 2.74. The number of nitrogens with zero attached hydrogens (tertiary/aromatic N) is 3. The molecule has 0 saturated carbocycles. The number of hydrogen-bond acceptors (Lipinski definition) is 4. The van der Waals surface area contributed by atoms with Crippen molar-refractivity contribution in [1.29, 1.82) is 0 Å². The summed E-state index contributed by atoms with van der Waals surface area (Å²) in [4.78, 5) is 0. The quantitative estimate of drug-likeness (QED) is 0.714. The van der Waals surface area contributed by atoms with Crippen molar-refractivity contribution in [3.8, 4) is 0 Å². The number of halogens is 2. The first-order valence-electron chi connectivity index (χ1n) is 5.04. The molecule has 0 saturated heterocycles. The normalized spacial score (nSPS) is 11.3. The lowest BCUT2D eigenvalue weighted by molar-refractivity contribution is 0.135. The van der Waals surface area contributed by atoms with Crippen molar-refractivity contribution in [2.75, 3.05) is 20.8 Å². The summed E-state index contributed by atoms with van der Waals surface area (Å²) in [5, 5.41) is 10.2. The maximum Gasteiger partial charge on any atom is 0.281 e. The summed E-state index contributed by atoms with van der Waals surface area (Å²) in [5.41, 5.74) is 0.195. The molecule has 1 heterocycles. The molecule has 0 radical (unpaired) electrons. The summed E-state index contributed by atoms with van der Waals surface area (Å²) in [6, 6.07) is 0. The zero-order valence-corrected chi connectivity index (χ0v) is 9.41. The molecule has 0 aromatic carbocycles. The van der Waals surface area contributed by atoms with Gasteiger partial charge in [-0.05, 0) is 13.5 Å². The van der Waals surface area contributed by atoms with Crippen molar-refractivity contribution >= 4 is 0 Å². The van der Waals surface area contributed by atoms with Gasteiger partial charge in [0.25, 0.3) is 6.43 Å². The molecular formula is C9H16F2N4O. The second-order valence-electron chi connectivity index (χ2n) is 3.32. The molecule has 1 N–H and O–H groups in total. The van der Waals surface area contributed by atoms with Crippen molar-refractivity contribution < 1.29 is 13.5 Å². The minimum Gasteiger partial charge on any atom is -0.385 e. The van der Waals surface area contributed by atoms with Gasteiger partial charge in [0, 0.05) is 26.8 Å². The van der Waals surface area contributed by atoms with Crippen molar-refractivity contribution in [2.45, 2.75) is 25.9 Å². The Morgan fingerprint density at radius 3 is 2.81 bits per heavy atom. The topological polar surface area (TPSA) is 52.0 Å². The number of methoxy groups -OCH3 is 1. The van der Waals surface area contributed by atoms with Gasteiger partial charge in [-0.2, -0.15) is 0 Å². The third-order valence-electron chi connectivity index (χ3n) is 2.12. The monoisotopic (exact) mass is 234 g/mol. The Hall–Kier alpha value is -1.08. The Kier molecular flexibility index (Phi) is 5.27. The highest BCUT2D eigenvalue weighted by Gasteiger charge is 2.20. The highest BCUT2D eigenvalue weighted by atomic mass is 19.3. The average molecular weight is 234 g/mol. The van der Waals surface area contributed by atoms with Gasteiger partial charge in [0.2, 0.25) is 0 Å². The summed E-state index contributed by atoms with van der Waals surface area (Å²) in [5.74, 6) is 0. The Morgan fingerprint density at radius 1 is 1.50 bits per heavy atom. The fourth-order valence-electron chi connectivity index (χ4n) is 1.41. The summed E-state index contributed by atoms with van der Waals surface area (Å²) in [7, 11) is 3.25. The van der Waals surface area contributed by atoms with Gasteiger partial charge in [0.15, 0.2) is 0 Å². The second-order valence-corrected chi connectivity index (χ2v) is 3.32. The molecule has 0 aliphatic heterocycles. The lowest BCUT2D eigenvalue weighted by atomic mass is 10.3. The van der Waals surface area contributed by atoms with E-state index in [1.165, 1.54) is 4.68 Å².